The maximum atomic E-state index is 14.4. The van der Waals surface area contributed by atoms with Crippen LogP contribution >= 0.6 is 0 Å². The van der Waals surface area contributed by atoms with Crippen LogP contribution in [0.1, 0.15) is 55.9 Å². The third-order valence-electron chi connectivity index (χ3n) is 4.61. The summed E-state index contributed by atoms with van der Waals surface area (Å²) in [5.74, 6) is -1.95. The van der Waals surface area contributed by atoms with Crippen molar-refractivity contribution >= 4 is 0 Å². The second kappa shape index (κ2) is 7.85. The fraction of sp³-hybridized carbons (Fsp3) is 0.429. The molecule has 0 saturated heterocycles. The topological polar surface area (TPSA) is 18.5 Å². The van der Waals surface area contributed by atoms with Crippen molar-refractivity contribution < 1.29 is 18.3 Å². The minimum absolute atomic E-state index is 0.0206. The normalized spacial score (nSPS) is 16.2. The van der Waals surface area contributed by atoms with E-state index < -0.39 is 11.6 Å². The van der Waals surface area contributed by atoms with Gasteiger partial charge >= 0.3 is 0 Å². The maximum Gasteiger partial charge on any atom is 0.204 e. The first kappa shape index (κ1) is 17.7. The third-order valence-corrected chi connectivity index (χ3v) is 4.61. The monoisotopic (exact) mass is 346 g/mol. The Bertz CT molecular complexity index is 726. The Morgan fingerprint density at radius 2 is 1.88 bits per heavy atom. The Kier molecular flexibility index (Phi) is 5.57. The summed E-state index contributed by atoms with van der Waals surface area (Å²) in [6.07, 6.45) is 4.51. The molecule has 2 aromatic carbocycles. The number of benzene rings is 2. The molecule has 0 aromatic heterocycles. The number of hydrogen-bond acceptors (Lipinski definition) is 2. The van der Waals surface area contributed by atoms with Crippen LogP contribution in [-0.2, 0) is 12.8 Å². The molecule has 1 heterocycles. The van der Waals surface area contributed by atoms with Gasteiger partial charge in [0.05, 0.1) is 6.61 Å². The number of aryl methyl sites for hydroxylation is 2. The highest BCUT2D eigenvalue weighted by Crippen LogP contribution is 2.40. The van der Waals surface area contributed by atoms with Gasteiger partial charge in [-0.3, -0.25) is 0 Å². The van der Waals surface area contributed by atoms with Crippen molar-refractivity contribution in [3.63, 3.8) is 0 Å². The fourth-order valence-electron chi connectivity index (χ4n) is 3.21. The van der Waals surface area contributed by atoms with Crippen molar-refractivity contribution in [2.75, 3.05) is 6.61 Å². The molecule has 1 aliphatic rings. The number of unbranched alkanes of at least 4 members (excludes halogenated alkanes) is 1. The van der Waals surface area contributed by atoms with E-state index in [-0.39, 0.29) is 17.6 Å². The van der Waals surface area contributed by atoms with E-state index in [1.165, 1.54) is 18.4 Å². The Hall–Kier alpha value is -2.10. The van der Waals surface area contributed by atoms with Gasteiger partial charge in [0.2, 0.25) is 11.6 Å². The zero-order valence-corrected chi connectivity index (χ0v) is 14.8. The van der Waals surface area contributed by atoms with Crippen molar-refractivity contribution in [1.29, 1.82) is 0 Å². The second-order valence-electron chi connectivity index (χ2n) is 6.41. The SMILES string of the molecule is CCCCc1ccc(C2CCc3cc(OCC)c(F)c(F)c3O2)cc1. The molecule has 2 aromatic rings. The Morgan fingerprint density at radius 1 is 1.12 bits per heavy atom. The quantitative estimate of drug-likeness (QED) is 0.661. The minimum Gasteiger partial charge on any atom is -0.491 e. The average molecular weight is 346 g/mol. The van der Waals surface area contributed by atoms with Crippen molar-refractivity contribution in [1.82, 2.24) is 0 Å². The summed E-state index contributed by atoms with van der Waals surface area (Å²) in [7, 11) is 0. The van der Waals surface area contributed by atoms with Crippen LogP contribution in [0.15, 0.2) is 30.3 Å². The van der Waals surface area contributed by atoms with E-state index >= 15 is 0 Å². The van der Waals surface area contributed by atoms with Crippen LogP contribution in [0.25, 0.3) is 0 Å². The largest absolute Gasteiger partial charge is 0.491 e. The molecule has 134 valence electrons. The van der Waals surface area contributed by atoms with Gasteiger partial charge in [0.25, 0.3) is 0 Å². The molecular weight excluding hydrogens is 322 g/mol. The molecule has 3 rings (SSSR count). The number of rotatable bonds is 6. The molecule has 0 aliphatic carbocycles. The van der Waals surface area contributed by atoms with Crippen LogP contribution in [0, 0.1) is 11.6 Å². The maximum absolute atomic E-state index is 14.4. The molecule has 25 heavy (non-hydrogen) atoms. The minimum atomic E-state index is -0.976. The molecule has 1 atom stereocenters. The van der Waals surface area contributed by atoms with Gasteiger partial charge in [-0.1, -0.05) is 37.6 Å². The lowest BCUT2D eigenvalue weighted by Crippen LogP contribution is -2.17. The summed E-state index contributed by atoms with van der Waals surface area (Å²) in [6, 6.07) is 9.81. The lowest BCUT2D eigenvalue weighted by Gasteiger charge is -2.27. The smallest absolute Gasteiger partial charge is 0.204 e. The van der Waals surface area contributed by atoms with Crippen molar-refractivity contribution in [3.05, 3.63) is 58.7 Å². The molecule has 0 bridgehead atoms. The summed E-state index contributed by atoms with van der Waals surface area (Å²) >= 11 is 0. The first-order valence-corrected chi connectivity index (χ1v) is 9.03. The first-order chi connectivity index (χ1) is 12.1. The van der Waals surface area contributed by atoms with E-state index in [1.807, 2.05) is 12.1 Å². The molecule has 4 heteroatoms. The molecule has 2 nitrogen and oxygen atoms in total. The summed E-state index contributed by atoms with van der Waals surface area (Å²) in [6.45, 7) is 4.21. The van der Waals surface area contributed by atoms with Crippen molar-refractivity contribution in [3.8, 4) is 11.5 Å². The Balaban J connectivity index is 1.80. The number of halogens is 2. The van der Waals surface area contributed by atoms with E-state index in [4.69, 9.17) is 9.47 Å². The number of ether oxygens (including phenoxy) is 2. The first-order valence-electron chi connectivity index (χ1n) is 9.03. The zero-order valence-electron chi connectivity index (χ0n) is 14.8. The predicted molar refractivity (Wildman–Crippen MR) is 94.3 cm³/mol. The molecule has 0 amide bonds. The average Bonchev–Trinajstić information content (AvgIpc) is 2.64. The summed E-state index contributed by atoms with van der Waals surface area (Å²) < 4.78 is 39.5. The molecule has 0 radical (unpaired) electrons. The highest BCUT2D eigenvalue weighted by molar-refractivity contribution is 5.45. The van der Waals surface area contributed by atoms with Gasteiger partial charge in [0.15, 0.2) is 11.5 Å². The van der Waals surface area contributed by atoms with Crippen LogP contribution in [0.3, 0.4) is 0 Å². The Morgan fingerprint density at radius 3 is 2.56 bits per heavy atom. The van der Waals surface area contributed by atoms with E-state index in [1.54, 1.807) is 13.0 Å². The van der Waals surface area contributed by atoms with Gasteiger partial charge in [0.1, 0.15) is 6.10 Å². The number of hydrogen-bond donors (Lipinski definition) is 0. The summed E-state index contributed by atoms with van der Waals surface area (Å²) in [4.78, 5) is 0. The van der Waals surface area contributed by atoms with Crippen molar-refractivity contribution in [2.45, 2.75) is 52.1 Å². The van der Waals surface area contributed by atoms with Crippen molar-refractivity contribution in [2.24, 2.45) is 0 Å². The van der Waals surface area contributed by atoms with Crippen LogP contribution < -0.4 is 9.47 Å². The van der Waals surface area contributed by atoms with Gasteiger partial charge in [-0.15, -0.1) is 0 Å². The number of fused-ring (bicyclic) bond motifs is 1. The third kappa shape index (κ3) is 3.78. The van der Waals surface area contributed by atoms with E-state index in [0.717, 1.165) is 18.4 Å². The summed E-state index contributed by atoms with van der Waals surface area (Å²) in [5.41, 5.74) is 2.96. The van der Waals surface area contributed by atoms with Crippen LogP contribution in [0.2, 0.25) is 0 Å². The lowest BCUT2D eigenvalue weighted by atomic mass is 9.95. The molecule has 0 saturated carbocycles. The van der Waals surface area contributed by atoms with Gasteiger partial charge in [-0.25, -0.2) is 0 Å². The van der Waals surface area contributed by atoms with Crippen LogP contribution in [0.5, 0.6) is 11.5 Å². The van der Waals surface area contributed by atoms with Crippen LogP contribution in [-0.4, -0.2) is 6.61 Å². The summed E-state index contributed by atoms with van der Waals surface area (Å²) in [5, 5.41) is 0. The molecule has 0 fully saturated rings. The van der Waals surface area contributed by atoms with Gasteiger partial charge in [-0.2, -0.15) is 8.78 Å². The van der Waals surface area contributed by atoms with Gasteiger partial charge in [-0.05, 0) is 49.8 Å². The second-order valence-corrected chi connectivity index (χ2v) is 6.41. The van der Waals surface area contributed by atoms with Gasteiger partial charge < -0.3 is 9.47 Å². The highest BCUT2D eigenvalue weighted by atomic mass is 19.2. The molecule has 1 aliphatic heterocycles. The van der Waals surface area contributed by atoms with E-state index in [9.17, 15) is 8.78 Å². The zero-order chi connectivity index (χ0) is 17.8. The highest BCUT2D eigenvalue weighted by Gasteiger charge is 2.28. The van der Waals surface area contributed by atoms with E-state index in [0.29, 0.717) is 18.6 Å². The van der Waals surface area contributed by atoms with Gasteiger partial charge in [0, 0.05) is 5.56 Å². The molecule has 0 N–H and O–H groups in total. The van der Waals surface area contributed by atoms with Crippen LogP contribution in [0.4, 0.5) is 8.78 Å². The standard InChI is InChI=1S/C21H24F2O2/c1-3-5-6-14-7-9-15(10-8-14)17-12-11-16-13-18(24-4-2)19(22)20(23)21(16)25-17/h7-10,13,17H,3-6,11-12H2,1-2H3. The molecular formula is C21H24F2O2. The lowest BCUT2D eigenvalue weighted by molar-refractivity contribution is 0.164. The Labute approximate surface area is 147 Å². The van der Waals surface area contributed by atoms with E-state index in [2.05, 4.69) is 19.1 Å². The fourth-order valence-corrected chi connectivity index (χ4v) is 3.21. The predicted octanol–water partition coefficient (Wildman–Crippen LogP) is 5.77. The molecule has 0 spiro atoms. The molecule has 1 unspecified atom stereocenters.